The van der Waals surface area contributed by atoms with Gasteiger partial charge in [0.1, 0.15) is 0 Å². The van der Waals surface area contributed by atoms with E-state index >= 15 is 0 Å². The van der Waals surface area contributed by atoms with Gasteiger partial charge >= 0.3 is 0 Å². The van der Waals surface area contributed by atoms with E-state index in [1.165, 1.54) is 31.2 Å². The summed E-state index contributed by atoms with van der Waals surface area (Å²) in [5, 5.41) is 3.16. The van der Waals surface area contributed by atoms with Crippen LogP contribution in [0.15, 0.2) is 71.6 Å². The van der Waals surface area contributed by atoms with Crippen molar-refractivity contribution in [1.29, 1.82) is 0 Å². The molecule has 1 aliphatic rings. The van der Waals surface area contributed by atoms with E-state index in [1.54, 1.807) is 29.2 Å². The number of carbonyl (C=O) groups is 2. The van der Waals surface area contributed by atoms with Gasteiger partial charge in [0.2, 0.25) is 15.9 Å². The van der Waals surface area contributed by atoms with E-state index in [9.17, 15) is 18.0 Å². The highest BCUT2D eigenvalue weighted by Crippen LogP contribution is 2.31. The third kappa shape index (κ3) is 5.24. The standard InChI is InChI=1S/C24H22ClN3O4S/c1-16(29)27-21-8-10-22(11-9-21)33(31,32)26-15-17-2-3-18-12-13-28(23(18)14-17)24(30)19-4-6-20(25)7-5-19/h2-11,14,26H,12-13,15H2,1H3,(H,27,29). The summed E-state index contributed by atoms with van der Waals surface area (Å²) in [5.74, 6) is -0.355. The minimum absolute atomic E-state index is 0.0754. The van der Waals surface area contributed by atoms with E-state index in [0.717, 1.165) is 23.2 Å². The van der Waals surface area contributed by atoms with Crippen LogP contribution >= 0.6 is 11.6 Å². The molecule has 0 bridgehead atoms. The fourth-order valence-electron chi connectivity index (χ4n) is 3.68. The van der Waals surface area contributed by atoms with Crippen molar-refractivity contribution in [2.45, 2.75) is 24.8 Å². The number of fused-ring (bicyclic) bond motifs is 1. The maximum Gasteiger partial charge on any atom is 0.258 e. The lowest BCUT2D eigenvalue weighted by Crippen LogP contribution is -2.29. The molecule has 0 atom stereocenters. The number of hydrogen-bond donors (Lipinski definition) is 2. The predicted octanol–water partition coefficient (Wildman–Crippen LogP) is 3.98. The first-order valence-electron chi connectivity index (χ1n) is 10.3. The summed E-state index contributed by atoms with van der Waals surface area (Å²) in [4.78, 5) is 25.9. The Labute approximate surface area is 197 Å². The first kappa shape index (κ1) is 23.0. The van der Waals surface area contributed by atoms with Gasteiger partial charge in [-0.15, -0.1) is 0 Å². The molecule has 0 spiro atoms. The Morgan fingerprint density at radius 1 is 1.00 bits per heavy atom. The van der Waals surface area contributed by atoms with E-state index < -0.39 is 10.0 Å². The zero-order valence-corrected chi connectivity index (χ0v) is 19.4. The lowest BCUT2D eigenvalue weighted by Gasteiger charge is -2.18. The number of halogens is 1. The number of nitrogens with one attached hydrogen (secondary N) is 2. The average Bonchev–Trinajstić information content (AvgIpc) is 3.21. The van der Waals surface area contributed by atoms with Crippen molar-refractivity contribution in [2.75, 3.05) is 16.8 Å². The molecule has 0 radical (unpaired) electrons. The Hall–Kier alpha value is -3.20. The van der Waals surface area contributed by atoms with Gasteiger partial charge in [0.05, 0.1) is 4.90 Å². The molecule has 3 aromatic rings. The van der Waals surface area contributed by atoms with Crippen LogP contribution in [0.5, 0.6) is 0 Å². The molecule has 3 aromatic carbocycles. The highest BCUT2D eigenvalue weighted by atomic mass is 35.5. The summed E-state index contributed by atoms with van der Waals surface area (Å²) in [7, 11) is -3.75. The predicted molar refractivity (Wildman–Crippen MR) is 128 cm³/mol. The Morgan fingerprint density at radius 3 is 2.36 bits per heavy atom. The van der Waals surface area contributed by atoms with Crippen molar-refractivity contribution < 1.29 is 18.0 Å². The van der Waals surface area contributed by atoms with E-state index in [1.807, 2.05) is 18.2 Å². The molecule has 1 aliphatic heterocycles. The van der Waals surface area contributed by atoms with Crippen LogP contribution in [-0.4, -0.2) is 26.8 Å². The number of rotatable bonds is 6. The Kier molecular flexibility index (Phi) is 6.51. The van der Waals surface area contributed by atoms with Gasteiger partial charge in [-0.1, -0.05) is 23.7 Å². The molecular formula is C24H22ClN3O4S. The second-order valence-electron chi connectivity index (χ2n) is 7.71. The summed E-state index contributed by atoms with van der Waals surface area (Å²) in [6.45, 7) is 2.02. The maximum atomic E-state index is 13.0. The summed E-state index contributed by atoms with van der Waals surface area (Å²) in [5.41, 5.74) is 3.62. The van der Waals surface area contributed by atoms with Crippen LogP contribution in [0.2, 0.25) is 5.02 Å². The van der Waals surface area contributed by atoms with Gasteiger partial charge in [-0.05, 0) is 72.1 Å². The fraction of sp³-hybridized carbons (Fsp3) is 0.167. The van der Waals surface area contributed by atoms with Gasteiger partial charge in [-0.3, -0.25) is 9.59 Å². The average molecular weight is 484 g/mol. The van der Waals surface area contributed by atoms with Crippen LogP contribution in [0.1, 0.15) is 28.4 Å². The van der Waals surface area contributed by atoms with Crippen LogP contribution in [0.3, 0.4) is 0 Å². The number of carbonyl (C=O) groups excluding carboxylic acids is 2. The molecular weight excluding hydrogens is 462 g/mol. The Bertz CT molecular complexity index is 1310. The van der Waals surface area contributed by atoms with Crippen molar-refractivity contribution >= 4 is 44.8 Å². The number of sulfonamides is 1. The lowest BCUT2D eigenvalue weighted by atomic mass is 10.1. The van der Waals surface area contributed by atoms with Crippen LogP contribution < -0.4 is 14.9 Å². The number of amides is 2. The first-order chi connectivity index (χ1) is 15.7. The zero-order valence-electron chi connectivity index (χ0n) is 17.8. The minimum Gasteiger partial charge on any atom is -0.326 e. The van der Waals surface area contributed by atoms with E-state index in [2.05, 4.69) is 10.0 Å². The zero-order chi connectivity index (χ0) is 23.6. The van der Waals surface area contributed by atoms with Gasteiger partial charge in [-0.25, -0.2) is 13.1 Å². The highest BCUT2D eigenvalue weighted by molar-refractivity contribution is 7.89. The Morgan fingerprint density at radius 2 is 1.70 bits per heavy atom. The monoisotopic (exact) mass is 483 g/mol. The molecule has 2 N–H and O–H groups in total. The topological polar surface area (TPSA) is 95.6 Å². The molecule has 0 saturated heterocycles. The van der Waals surface area contributed by atoms with Gasteiger partial charge in [-0.2, -0.15) is 0 Å². The first-order valence-corrected chi connectivity index (χ1v) is 12.2. The third-order valence-electron chi connectivity index (χ3n) is 5.33. The molecule has 9 heteroatoms. The van der Waals surface area contributed by atoms with E-state index in [-0.39, 0.29) is 23.3 Å². The molecule has 2 amide bonds. The summed E-state index contributed by atoms with van der Waals surface area (Å²) < 4.78 is 28.0. The van der Waals surface area contributed by atoms with Crippen LogP contribution in [0.4, 0.5) is 11.4 Å². The number of benzene rings is 3. The number of hydrogen-bond acceptors (Lipinski definition) is 4. The van der Waals surface area contributed by atoms with Crippen molar-refractivity contribution in [3.05, 3.63) is 88.4 Å². The fourth-order valence-corrected chi connectivity index (χ4v) is 4.82. The molecule has 33 heavy (non-hydrogen) atoms. The third-order valence-corrected chi connectivity index (χ3v) is 7.00. The molecule has 1 heterocycles. The molecule has 4 rings (SSSR count). The van der Waals surface area contributed by atoms with Gasteiger partial charge in [0.15, 0.2) is 0 Å². The summed E-state index contributed by atoms with van der Waals surface area (Å²) in [6, 6.07) is 18.3. The SMILES string of the molecule is CC(=O)Nc1ccc(S(=O)(=O)NCc2ccc3c(c2)N(C(=O)c2ccc(Cl)cc2)CC3)cc1. The van der Waals surface area contributed by atoms with E-state index in [4.69, 9.17) is 11.6 Å². The van der Waals surface area contributed by atoms with Crippen molar-refractivity contribution in [3.8, 4) is 0 Å². The van der Waals surface area contributed by atoms with Gasteiger partial charge < -0.3 is 10.2 Å². The smallest absolute Gasteiger partial charge is 0.258 e. The molecule has 0 unspecified atom stereocenters. The van der Waals surface area contributed by atoms with Crippen LogP contribution in [0, 0.1) is 0 Å². The Balaban J connectivity index is 1.48. The normalized spacial score (nSPS) is 13.0. The quantitative estimate of drug-likeness (QED) is 0.554. The van der Waals surface area contributed by atoms with Gasteiger partial charge in [0, 0.05) is 42.0 Å². The van der Waals surface area contributed by atoms with Crippen LogP contribution in [-0.2, 0) is 27.8 Å². The van der Waals surface area contributed by atoms with Crippen LogP contribution in [0.25, 0.3) is 0 Å². The molecule has 170 valence electrons. The molecule has 0 aromatic heterocycles. The van der Waals surface area contributed by atoms with Crippen molar-refractivity contribution in [3.63, 3.8) is 0 Å². The maximum absolute atomic E-state index is 13.0. The lowest BCUT2D eigenvalue weighted by molar-refractivity contribution is -0.114. The second-order valence-corrected chi connectivity index (χ2v) is 9.91. The summed E-state index contributed by atoms with van der Waals surface area (Å²) in [6.07, 6.45) is 0.737. The van der Waals surface area contributed by atoms with Crippen molar-refractivity contribution in [2.24, 2.45) is 0 Å². The van der Waals surface area contributed by atoms with E-state index in [0.29, 0.717) is 22.8 Å². The molecule has 0 fully saturated rings. The number of anilines is 2. The highest BCUT2D eigenvalue weighted by Gasteiger charge is 2.26. The molecule has 7 nitrogen and oxygen atoms in total. The number of nitrogens with zero attached hydrogens (tertiary/aromatic N) is 1. The van der Waals surface area contributed by atoms with Crippen molar-refractivity contribution in [1.82, 2.24) is 4.72 Å². The largest absolute Gasteiger partial charge is 0.326 e. The second kappa shape index (κ2) is 9.35. The van der Waals surface area contributed by atoms with Gasteiger partial charge in [0.25, 0.3) is 5.91 Å². The molecule has 0 aliphatic carbocycles. The summed E-state index contributed by atoms with van der Waals surface area (Å²) >= 11 is 5.92. The molecule has 0 saturated carbocycles. The minimum atomic E-state index is -3.75.